The summed E-state index contributed by atoms with van der Waals surface area (Å²) in [5.74, 6) is 3.78. The molecular formula is C45H42N2O8. The summed E-state index contributed by atoms with van der Waals surface area (Å²) in [6, 6.07) is 37.9. The van der Waals surface area contributed by atoms with Gasteiger partial charge in [0.2, 0.25) is 0 Å². The Morgan fingerprint density at radius 3 is 0.891 bits per heavy atom. The van der Waals surface area contributed by atoms with Gasteiger partial charge >= 0.3 is 0 Å². The molecule has 0 unspecified atom stereocenters. The van der Waals surface area contributed by atoms with Crippen LogP contribution in [0.1, 0.15) is 31.8 Å². The van der Waals surface area contributed by atoms with Gasteiger partial charge in [-0.1, -0.05) is 0 Å². The number of anilines is 6. The summed E-state index contributed by atoms with van der Waals surface area (Å²) in [5, 5.41) is 0. The zero-order valence-corrected chi connectivity index (χ0v) is 31.6. The Bertz CT molecular complexity index is 2030. The lowest BCUT2D eigenvalue weighted by Gasteiger charge is -2.28. The van der Waals surface area contributed by atoms with Gasteiger partial charge in [-0.15, -0.1) is 0 Å². The SMILES string of the molecule is COc1ccc(N(c2ccc(C=O)cc2)c2cc(OC)c(Cc3c(OC)cc(N(c4ccc(C=O)cc4)c4ccc(OC)cc4)cc3OC)c(OC)c2)cc1. The highest BCUT2D eigenvalue weighted by Gasteiger charge is 2.24. The van der Waals surface area contributed by atoms with E-state index in [0.717, 1.165) is 69.3 Å². The number of nitrogens with zero attached hydrogens (tertiary/aromatic N) is 2. The van der Waals surface area contributed by atoms with Crippen molar-refractivity contribution in [1.82, 2.24) is 0 Å². The van der Waals surface area contributed by atoms with Crippen LogP contribution in [0.4, 0.5) is 34.1 Å². The molecule has 0 amide bonds. The molecule has 6 rings (SSSR count). The van der Waals surface area contributed by atoms with E-state index in [2.05, 4.69) is 0 Å². The predicted octanol–water partition coefficient (Wildman–Crippen LogP) is 9.89. The number of methoxy groups -OCH3 is 6. The second-order valence-electron chi connectivity index (χ2n) is 12.3. The van der Waals surface area contributed by atoms with E-state index in [1.807, 2.05) is 107 Å². The number of carbonyl (C=O) groups is 2. The number of ether oxygens (including phenoxy) is 6. The highest BCUT2D eigenvalue weighted by Crippen LogP contribution is 2.46. The van der Waals surface area contributed by atoms with Crippen molar-refractivity contribution in [3.8, 4) is 34.5 Å². The van der Waals surface area contributed by atoms with Gasteiger partial charge in [0.15, 0.2) is 0 Å². The molecule has 280 valence electrons. The maximum Gasteiger partial charge on any atom is 0.150 e. The minimum atomic E-state index is 0.340. The molecule has 10 heteroatoms. The maximum atomic E-state index is 11.5. The average Bonchev–Trinajstić information content (AvgIpc) is 3.25. The lowest BCUT2D eigenvalue weighted by atomic mass is 9.99. The van der Waals surface area contributed by atoms with E-state index in [-0.39, 0.29) is 0 Å². The third kappa shape index (κ3) is 8.03. The van der Waals surface area contributed by atoms with E-state index >= 15 is 0 Å². The van der Waals surface area contributed by atoms with E-state index in [1.165, 1.54) is 0 Å². The van der Waals surface area contributed by atoms with Crippen LogP contribution in [0.2, 0.25) is 0 Å². The Morgan fingerprint density at radius 1 is 0.382 bits per heavy atom. The van der Waals surface area contributed by atoms with Crippen molar-refractivity contribution < 1.29 is 38.0 Å². The van der Waals surface area contributed by atoms with Gasteiger partial charge in [-0.05, 0) is 97.1 Å². The minimum Gasteiger partial charge on any atom is -0.497 e. The van der Waals surface area contributed by atoms with Crippen molar-refractivity contribution in [2.45, 2.75) is 6.42 Å². The summed E-state index contributed by atoms with van der Waals surface area (Å²) < 4.78 is 35.1. The molecule has 0 saturated carbocycles. The Labute approximate surface area is 321 Å². The molecular weight excluding hydrogens is 697 g/mol. The molecule has 55 heavy (non-hydrogen) atoms. The molecule has 0 aliphatic rings. The zero-order chi connectivity index (χ0) is 38.9. The van der Waals surface area contributed by atoms with Crippen molar-refractivity contribution in [1.29, 1.82) is 0 Å². The Balaban J connectivity index is 1.46. The fourth-order valence-electron chi connectivity index (χ4n) is 6.48. The molecule has 0 heterocycles. The van der Waals surface area contributed by atoms with E-state index in [9.17, 15) is 9.59 Å². The first-order valence-electron chi connectivity index (χ1n) is 17.4. The van der Waals surface area contributed by atoms with Crippen LogP contribution in [0.3, 0.4) is 0 Å². The quantitative estimate of drug-likeness (QED) is 0.0893. The molecule has 0 aromatic heterocycles. The van der Waals surface area contributed by atoms with E-state index < -0.39 is 0 Å². The molecule has 0 N–H and O–H groups in total. The summed E-state index contributed by atoms with van der Waals surface area (Å²) in [5.41, 5.74) is 7.61. The lowest BCUT2D eigenvalue weighted by molar-refractivity contribution is 0.111. The molecule has 0 bridgehead atoms. The Kier molecular flexibility index (Phi) is 11.9. The van der Waals surface area contributed by atoms with Gasteiger partial charge in [0.05, 0.1) is 54.0 Å². The van der Waals surface area contributed by atoms with E-state index in [4.69, 9.17) is 28.4 Å². The number of benzene rings is 6. The highest BCUT2D eigenvalue weighted by atomic mass is 16.5. The molecule has 0 fully saturated rings. The zero-order valence-electron chi connectivity index (χ0n) is 31.6. The standard InChI is InChI=1S/C45H42N2O8/c1-50-38-19-15-34(16-20-38)46(32-11-7-30(28-48)8-12-32)36-23-42(52-3)40(43(24-36)53-4)27-41-44(54-5)25-37(26-45(41)55-6)47(33-13-9-31(29-49)10-14-33)35-17-21-39(51-2)22-18-35/h7-26,28-29H,27H2,1-6H3. The third-order valence-corrected chi connectivity index (χ3v) is 9.29. The van der Waals surface area contributed by atoms with Gasteiger partial charge in [-0.2, -0.15) is 0 Å². The average molecular weight is 739 g/mol. The summed E-state index contributed by atoms with van der Waals surface area (Å²) >= 11 is 0. The van der Waals surface area contributed by atoms with Crippen LogP contribution in [-0.2, 0) is 6.42 Å². The third-order valence-electron chi connectivity index (χ3n) is 9.29. The fraction of sp³-hybridized carbons (Fsp3) is 0.156. The number of aldehydes is 2. The maximum absolute atomic E-state index is 11.5. The van der Waals surface area contributed by atoms with Gasteiger partial charge in [-0.25, -0.2) is 0 Å². The van der Waals surface area contributed by atoms with Gasteiger partial charge in [0, 0.05) is 75.7 Å². The molecule has 0 aliphatic heterocycles. The molecule has 6 aromatic rings. The first-order chi connectivity index (χ1) is 26.9. The second-order valence-corrected chi connectivity index (χ2v) is 12.3. The normalized spacial score (nSPS) is 10.6. The Hall–Kier alpha value is -6.94. The predicted molar refractivity (Wildman–Crippen MR) is 215 cm³/mol. The number of carbonyl (C=O) groups excluding carboxylic acids is 2. The van der Waals surface area contributed by atoms with Crippen LogP contribution < -0.4 is 38.2 Å². The van der Waals surface area contributed by atoms with Crippen molar-refractivity contribution in [2.75, 3.05) is 52.5 Å². The molecule has 6 aromatic carbocycles. The summed E-state index contributed by atoms with van der Waals surface area (Å²) in [6.07, 6.45) is 1.98. The van der Waals surface area contributed by atoms with Gasteiger partial charge in [0.1, 0.15) is 47.1 Å². The topological polar surface area (TPSA) is 96.0 Å². The van der Waals surface area contributed by atoms with Crippen LogP contribution >= 0.6 is 0 Å². The van der Waals surface area contributed by atoms with Gasteiger partial charge < -0.3 is 38.2 Å². The minimum absolute atomic E-state index is 0.340. The lowest BCUT2D eigenvalue weighted by Crippen LogP contribution is -2.12. The van der Waals surface area contributed by atoms with E-state index in [0.29, 0.717) is 40.5 Å². The molecule has 0 radical (unpaired) electrons. The number of hydrogen-bond donors (Lipinski definition) is 0. The van der Waals surface area contributed by atoms with Crippen LogP contribution in [0.15, 0.2) is 121 Å². The van der Waals surface area contributed by atoms with Crippen LogP contribution in [0.25, 0.3) is 0 Å². The van der Waals surface area contributed by atoms with Crippen molar-refractivity contribution in [3.63, 3.8) is 0 Å². The van der Waals surface area contributed by atoms with E-state index in [1.54, 1.807) is 66.9 Å². The van der Waals surface area contributed by atoms with Crippen molar-refractivity contribution in [2.24, 2.45) is 0 Å². The first-order valence-corrected chi connectivity index (χ1v) is 17.4. The molecule has 0 aliphatic carbocycles. The van der Waals surface area contributed by atoms with Crippen LogP contribution in [0, 0.1) is 0 Å². The molecule has 10 nitrogen and oxygen atoms in total. The van der Waals surface area contributed by atoms with Crippen molar-refractivity contribution in [3.05, 3.63) is 144 Å². The first kappa shape index (κ1) is 37.8. The van der Waals surface area contributed by atoms with Gasteiger partial charge in [0.25, 0.3) is 0 Å². The summed E-state index contributed by atoms with van der Waals surface area (Å²) in [7, 11) is 9.75. The summed E-state index contributed by atoms with van der Waals surface area (Å²) in [4.78, 5) is 27.0. The highest BCUT2D eigenvalue weighted by molar-refractivity contribution is 5.83. The largest absolute Gasteiger partial charge is 0.497 e. The fourth-order valence-corrected chi connectivity index (χ4v) is 6.48. The number of rotatable bonds is 16. The second kappa shape index (κ2) is 17.3. The monoisotopic (exact) mass is 738 g/mol. The smallest absolute Gasteiger partial charge is 0.150 e. The van der Waals surface area contributed by atoms with Crippen LogP contribution in [-0.4, -0.2) is 55.2 Å². The molecule has 0 saturated heterocycles. The van der Waals surface area contributed by atoms with Crippen molar-refractivity contribution >= 4 is 46.7 Å². The van der Waals surface area contributed by atoms with Crippen LogP contribution in [0.5, 0.6) is 34.5 Å². The number of hydrogen-bond acceptors (Lipinski definition) is 10. The molecule has 0 atom stereocenters. The molecule has 0 spiro atoms. The summed E-state index contributed by atoms with van der Waals surface area (Å²) in [6.45, 7) is 0. The Morgan fingerprint density at radius 2 is 0.655 bits per heavy atom. The van der Waals surface area contributed by atoms with Gasteiger partial charge in [-0.3, -0.25) is 9.59 Å².